The molecule has 2 aromatic carbocycles. The largest absolute Gasteiger partial charge is 0.457 e. The Morgan fingerprint density at radius 2 is 1.71 bits per heavy atom. The number of nitro groups is 1. The van der Waals surface area contributed by atoms with Gasteiger partial charge in [-0.15, -0.1) is 0 Å². The van der Waals surface area contributed by atoms with Crippen molar-refractivity contribution >= 4 is 11.4 Å². The van der Waals surface area contributed by atoms with Crippen LogP contribution in [0, 0.1) is 10.1 Å². The van der Waals surface area contributed by atoms with Crippen LogP contribution in [-0.2, 0) is 12.8 Å². The van der Waals surface area contributed by atoms with Crippen molar-refractivity contribution in [3.8, 4) is 11.5 Å². The lowest BCUT2D eigenvalue weighted by Crippen LogP contribution is -2.17. The zero-order chi connectivity index (χ0) is 16.5. The maximum absolute atomic E-state index is 11.3. The summed E-state index contributed by atoms with van der Waals surface area (Å²) in [5.41, 5.74) is 3.67. The van der Waals surface area contributed by atoms with Gasteiger partial charge < -0.3 is 9.64 Å². The van der Waals surface area contributed by atoms with Crippen molar-refractivity contribution in [1.82, 2.24) is 0 Å². The van der Waals surface area contributed by atoms with E-state index < -0.39 is 0 Å². The minimum absolute atomic E-state index is 0.0792. The fourth-order valence-corrected chi connectivity index (χ4v) is 3.64. The fourth-order valence-electron chi connectivity index (χ4n) is 3.64. The van der Waals surface area contributed by atoms with Gasteiger partial charge in [0.15, 0.2) is 0 Å². The van der Waals surface area contributed by atoms with Crippen LogP contribution >= 0.6 is 0 Å². The van der Waals surface area contributed by atoms with E-state index in [1.807, 2.05) is 12.1 Å². The molecule has 2 aromatic rings. The highest BCUT2D eigenvalue weighted by Crippen LogP contribution is 2.34. The molecule has 1 heterocycles. The molecule has 0 radical (unpaired) electrons. The topological polar surface area (TPSA) is 55.6 Å². The standard InChI is InChI=1S/C19H20N2O3/c22-21(23)17-11-16(20-8-1-2-9-20)12-19(13-17)24-18-7-6-14-4-3-5-15(14)10-18/h6-7,10-13H,1-5,8-9H2. The SMILES string of the molecule is O=[N+]([O-])c1cc(Oc2ccc3c(c2)CCC3)cc(N2CCCC2)c1. The smallest absolute Gasteiger partial charge is 0.275 e. The van der Waals surface area contributed by atoms with Crippen molar-refractivity contribution in [3.05, 3.63) is 57.6 Å². The summed E-state index contributed by atoms with van der Waals surface area (Å²) in [7, 11) is 0. The fraction of sp³-hybridized carbons (Fsp3) is 0.368. The Morgan fingerprint density at radius 1 is 0.917 bits per heavy atom. The van der Waals surface area contributed by atoms with Gasteiger partial charge >= 0.3 is 0 Å². The van der Waals surface area contributed by atoms with E-state index in [9.17, 15) is 10.1 Å². The van der Waals surface area contributed by atoms with Crippen molar-refractivity contribution in [2.45, 2.75) is 32.1 Å². The highest BCUT2D eigenvalue weighted by atomic mass is 16.6. The molecule has 0 bridgehead atoms. The number of hydrogen-bond donors (Lipinski definition) is 0. The van der Waals surface area contributed by atoms with E-state index in [2.05, 4.69) is 17.0 Å². The van der Waals surface area contributed by atoms with E-state index in [0.29, 0.717) is 5.75 Å². The summed E-state index contributed by atoms with van der Waals surface area (Å²) in [5, 5.41) is 11.3. The molecule has 0 spiro atoms. The molecule has 124 valence electrons. The summed E-state index contributed by atoms with van der Waals surface area (Å²) in [5.74, 6) is 1.28. The summed E-state index contributed by atoms with van der Waals surface area (Å²) in [6, 6.07) is 11.2. The third kappa shape index (κ3) is 2.94. The Labute approximate surface area is 141 Å². The van der Waals surface area contributed by atoms with Crippen LogP contribution in [0.4, 0.5) is 11.4 Å². The molecule has 1 aliphatic heterocycles. The summed E-state index contributed by atoms with van der Waals surface area (Å²) in [6.07, 6.45) is 5.66. The second-order valence-corrected chi connectivity index (χ2v) is 6.52. The van der Waals surface area contributed by atoms with Gasteiger partial charge in [-0.3, -0.25) is 10.1 Å². The van der Waals surface area contributed by atoms with Crippen LogP contribution in [0.15, 0.2) is 36.4 Å². The first-order chi connectivity index (χ1) is 11.7. The van der Waals surface area contributed by atoms with E-state index in [-0.39, 0.29) is 10.6 Å². The molecule has 5 heteroatoms. The quantitative estimate of drug-likeness (QED) is 0.615. The van der Waals surface area contributed by atoms with Crippen LogP contribution in [0.1, 0.15) is 30.4 Å². The molecule has 1 fully saturated rings. The number of nitro benzene ring substituents is 1. The number of nitrogens with zero attached hydrogens (tertiary/aromatic N) is 2. The number of non-ortho nitro benzene ring substituents is 1. The summed E-state index contributed by atoms with van der Waals surface area (Å²) >= 11 is 0. The predicted octanol–water partition coefficient (Wildman–Crippen LogP) is 4.48. The Morgan fingerprint density at radius 3 is 2.50 bits per heavy atom. The molecular weight excluding hydrogens is 304 g/mol. The molecule has 5 nitrogen and oxygen atoms in total. The van der Waals surface area contributed by atoms with E-state index in [1.165, 1.54) is 23.6 Å². The van der Waals surface area contributed by atoms with Crippen LogP contribution in [0.2, 0.25) is 0 Å². The first-order valence-electron chi connectivity index (χ1n) is 8.53. The van der Waals surface area contributed by atoms with E-state index in [4.69, 9.17) is 4.74 Å². The molecule has 1 aliphatic carbocycles. The monoisotopic (exact) mass is 324 g/mol. The van der Waals surface area contributed by atoms with Crippen LogP contribution in [-0.4, -0.2) is 18.0 Å². The highest BCUT2D eigenvalue weighted by Gasteiger charge is 2.18. The van der Waals surface area contributed by atoms with Gasteiger partial charge in [0, 0.05) is 30.9 Å². The van der Waals surface area contributed by atoms with E-state index >= 15 is 0 Å². The number of rotatable bonds is 4. The first kappa shape index (κ1) is 15.0. The van der Waals surface area contributed by atoms with Crippen molar-refractivity contribution in [2.24, 2.45) is 0 Å². The third-order valence-corrected chi connectivity index (χ3v) is 4.86. The van der Waals surface area contributed by atoms with Crippen molar-refractivity contribution < 1.29 is 9.66 Å². The number of ether oxygens (including phenoxy) is 1. The zero-order valence-electron chi connectivity index (χ0n) is 13.5. The second-order valence-electron chi connectivity index (χ2n) is 6.52. The molecule has 2 aliphatic rings. The lowest BCUT2D eigenvalue weighted by molar-refractivity contribution is -0.384. The maximum atomic E-state index is 11.3. The molecule has 0 atom stereocenters. The van der Waals surface area contributed by atoms with Gasteiger partial charge in [-0.25, -0.2) is 0 Å². The molecule has 0 N–H and O–H groups in total. The molecule has 0 unspecified atom stereocenters. The van der Waals surface area contributed by atoms with Crippen LogP contribution in [0.25, 0.3) is 0 Å². The molecule has 1 saturated heterocycles. The molecule has 0 amide bonds. The first-order valence-corrected chi connectivity index (χ1v) is 8.53. The molecule has 0 aromatic heterocycles. The van der Waals surface area contributed by atoms with Gasteiger partial charge in [0.2, 0.25) is 0 Å². The van der Waals surface area contributed by atoms with Gasteiger partial charge in [0.1, 0.15) is 11.5 Å². The summed E-state index contributed by atoms with van der Waals surface area (Å²) in [6.45, 7) is 1.89. The van der Waals surface area contributed by atoms with Crippen molar-refractivity contribution in [3.63, 3.8) is 0 Å². The predicted molar refractivity (Wildman–Crippen MR) is 93.1 cm³/mol. The van der Waals surface area contributed by atoms with Gasteiger partial charge in [0.05, 0.1) is 11.0 Å². The maximum Gasteiger partial charge on any atom is 0.275 e. The lowest BCUT2D eigenvalue weighted by Gasteiger charge is -2.18. The third-order valence-electron chi connectivity index (χ3n) is 4.86. The Kier molecular flexibility index (Phi) is 3.84. The summed E-state index contributed by atoms with van der Waals surface area (Å²) < 4.78 is 5.96. The van der Waals surface area contributed by atoms with Crippen LogP contribution in [0.3, 0.4) is 0 Å². The minimum Gasteiger partial charge on any atom is -0.457 e. The number of fused-ring (bicyclic) bond motifs is 1. The van der Waals surface area contributed by atoms with Gasteiger partial charge in [-0.2, -0.15) is 0 Å². The minimum atomic E-state index is -0.352. The highest BCUT2D eigenvalue weighted by molar-refractivity contribution is 5.59. The number of anilines is 1. The zero-order valence-corrected chi connectivity index (χ0v) is 13.5. The lowest BCUT2D eigenvalue weighted by atomic mass is 10.1. The number of hydrogen-bond acceptors (Lipinski definition) is 4. The van der Waals surface area contributed by atoms with E-state index in [1.54, 1.807) is 6.07 Å². The van der Waals surface area contributed by atoms with Crippen molar-refractivity contribution in [1.29, 1.82) is 0 Å². The Balaban J connectivity index is 1.65. The second kappa shape index (κ2) is 6.15. The van der Waals surface area contributed by atoms with Crippen LogP contribution in [0.5, 0.6) is 11.5 Å². The number of aryl methyl sites for hydroxylation is 2. The normalized spacial score (nSPS) is 16.2. The molecule has 24 heavy (non-hydrogen) atoms. The Hall–Kier alpha value is -2.56. The molecule has 0 saturated carbocycles. The average molecular weight is 324 g/mol. The molecular formula is C19H20N2O3. The van der Waals surface area contributed by atoms with Gasteiger partial charge in [-0.1, -0.05) is 6.07 Å². The van der Waals surface area contributed by atoms with Crippen LogP contribution < -0.4 is 9.64 Å². The van der Waals surface area contributed by atoms with Gasteiger partial charge in [-0.05, 0) is 55.4 Å². The van der Waals surface area contributed by atoms with Crippen molar-refractivity contribution in [2.75, 3.05) is 18.0 Å². The Bertz CT molecular complexity index is 782. The molecule has 4 rings (SSSR count). The average Bonchev–Trinajstić information content (AvgIpc) is 3.25. The van der Waals surface area contributed by atoms with Gasteiger partial charge in [0.25, 0.3) is 5.69 Å². The number of benzene rings is 2. The summed E-state index contributed by atoms with van der Waals surface area (Å²) in [4.78, 5) is 13.1. The van der Waals surface area contributed by atoms with E-state index in [0.717, 1.165) is 50.2 Å².